The Labute approximate surface area is 158 Å². The predicted octanol–water partition coefficient (Wildman–Crippen LogP) is 2.83. The summed E-state index contributed by atoms with van der Waals surface area (Å²) < 4.78 is 0. The number of piperidine rings is 1. The molecule has 2 heterocycles. The first-order chi connectivity index (χ1) is 13.1. The number of allylic oxidation sites excluding steroid dienone is 1. The monoisotopic (exact) mass is 365 g/mol. The molecule has 0 spiro atoms. The molecule has 0 bridgehead atoms. The van der Waals surface area contributed by atoms with Crippen molar-refractivity contribution in [1.29, 1.82) is 0 Å². The van der Waals surface area contributed by atoms with Gasteiger partial charge in [0.1, 0.15) is 11.4 Å². The second kappa shape index (κ2) is 7.60. The van der Waals surface area contributed by atoms with Gasteiger partial charge in [0.15, 0.2) is 0 Å². The summed E-state index contributed by atoms with van der Waals surface area (Å²) in [7, 11) is 0. The molecule has 0 saturated carbocycles. The molecule has 1 fully saturated rings. The minimum Gasteiger partial charge on any atom is -0.624 e. The maximum Gasteiger partial charge on any atom is 0.267 e. The van der Waals surface area contributed by atoms with E-state index in [0.717, 1.165) is 32.5 Å². The van der Waals surface area contributed by atoms with E-state index in [-0.39, 0.29) is 15.9 Å². The molecule has 0 aromatic heterocycles. The fourth-order valence-corrected chi connectivity index (χ4v) is 4.19. The molecule has 140 valence electrons. The number of nitrogens with zero attached hydrogens (tertiary/aromatic N) is 2. The maximum atomic E-state index is 13.0. The van der Waals surface area contributed by atoms with E-state index in [1.807, 2.05) is 18.2 Å². The third kappa shape index (κ3) is 3.64. The van der Waals surface area contributed by atoms with Crippen LogP contribution in [0.4, 0.5) is 5.69 Å². The highest BCUT2D eigenvalue weighted by Gasteiger charge is 2.37. The van der Waals surface area contributed by atoms with Crippen molar-refractivity contribution in [3.05, 3.63) is 92.8 Å². The zero-order valence-corrected chi connectivity index (χ0v) is 15.1. The second-order valence-electron chi connectivity index (χ2n) is 7.30. The van der Waals surface area contributed by atoms with Crippen molar-refractivity contribution in [3.63, 3.8) is 0 Å². The molecular formula is C21H23N3O3. The maximum absolute atomic E-state index is 13.0. The van der Waals surface area contributed by atoms with E-state index >= 15 is 0 Å². The van der Waals surface area contributed by atoms with Crippen LogP contribution >= 0.6 is 0 Å². The Balaban J connectivity index is 1.48. The topological polar surface area (TPSA) is 73.9 Å². The van der Waals surface area contributed by atoms with Crippen LogP contribution in [0.5, 0.6) is 0 Å². The predicted molar refractivity (Wildman–Crippen MR) is 103 cm³/mol. The smallest absolute Gasteiger partial charge is 0.267 e. The van der Waals surface area contributed by atoms with E-state index in [1.165, 1.54) is 5.56 Å². The molecule has 1 N–H and O–H groups in total. The number of likely N-dealkylation sites (tertiary alicyclic amines) is 1. The van der Waals surface area contributed by atoms with Crippen LogP contribution in [0.1, 0.15) is 30.0 Å². The van der Waals surface area contributed by atoms with Crippen molar-refractivity contribution < 1.29 is 9.99 Å². The highest BCUT2D eigenvalue weighted by atomic mass is 16.6. The lowest BCUT2D eigenvalue weighted by Gasteiger charge is -2.38. The Kier molecular flexibility index (Phi) is 5.03. The molecule has 2 aliphatic rings. The lowest BCUT2D eigenvalue weighted by Crippen LogP contribution is -3.01. The third-order valence-electron chi connectivity index (χ3n) is 5.63. The van der Waals surface area contributed by atoms with Crippen LogP contribution in [0.15, 0.2) is 66.4 Å². The average molecular weight is 365 g/mol. The molecule has 2 atom stereocenters. The van der Waals surface area contributed by atoms with Crippen LogP contribution in [0.3, 0.4) is 0 Å². The minimum atomic E-state index is -0.920. The molecule has 27 heavy (non-hydrogen) atoms. The summed E-state index contributed by atoms with van der Waals surface area (Å²) in [6.45, 7) is 2.70. The van der Waals surface area contributed by atoms with Gasteiger partial charge >= 0.3 is 0 Å². The molecular weight excluding hydrogens is 342 g/mol. The van der Waals surface area contributed by atoms with Gasteiger partial charge in [-0.1, -0.05) is 42.5 Å². The highest BCUT2D eigenvalue weighted by Crippen LogP contribution is 2.33. The Morgan fingerprint density at radius 3 is 2.41 bits per heavy atom. The van der Waals surface area contributed by atoms with Gasteiger partial charge in [-0.3, -0.25) is 15.0 Å². The van der Waals surface area contributed by atoms with Crippen LogP contribution < -0.4 is 5.06 Å². The van der Waals surface area contributed by atoms with Gasteiger partial charge < -0.3 is 10.3 Å². The largest absolute Gasteiger partial charge is 0.624 e. The standard InChI is InChI=1S/C21H23N3O3/c25-23-19-9-5-4-8-18(19)21(24(26)27)14-20(23)17-10-12-22(13-11-17)15-16-6-2-1-3-7-16/h1-9,14,17,21,23H,10-13,15H2. The summed E-state index contributed by atoms with van der Waals surface area (Å²) in [5.41, 5.74) is 2.92. The Bertz CT molecular complexity index is 845. The van der Waals surface area contributed by atoms with Crippen molar-refractivity contribution in [2.24, 2.45) is 5.92 Å². The van der Waals surface area contributed by atoms with Gasteiger partial charge in [-0.05, 0) is 37.6 Å². The van der Waals surface area contributed by atoms with Crippen molar-refractivity contribution in [3.8, 4) is 0 Å². The average Bonchev–Trinajstić information content (AvgIpc) is 2.70. The van der Waals surface area contributed by atoms with E-state index < -0.39 is 6.04 Å². The van der Waals surface area contributed by atoms with Crippen molar-refractivity contribution in [2.45, 2.75) is 25.4 Å². The number of para-hydroxylation sites is 1. The number of hydroxylamine groups is 1. The summed E-state index contributed by atoms with van der Waals surface area (Å²) in [6, 6.07) is 16.4. The molecule has 2 aromatic rings. The second-order valence-corrected chi connectivity index (χ2v) is 7.30. The van der Waals surface area contributed by atoms with Gasteiger partial charge in [-0.25, -0.2) is 0 Å². The number of rotatable bonds is 4. The van der Waals surface area contributed by atoms with E-state index in [2.05, 4.69) is 17.0 Å². The van der Waals surface area contributed by atoms with E-state index in [1.54, 1.807) is 30.3 Å². The SMILES string of the molecule is O=[N+]([O-])C1C=C(C2CCN(Cc3ccccc3)CC2)[NH+]([O-])c2ccccc21. The van der Waals surface area contributed by atoms with E-state index in [4.69, 9.17) is 0 Å². The molecule has 1 saturated heterocycles. The summed E-state index contributed by atoms with van der Waals surface area (Å²) in [4.78, 5) is 13.6. The van der Waals surface area contributed by atoms with Crippen LogP contribution in [0.2, 0.25) is 0 Å². The summed E-state index contributed by atoms with van der Waals surface area (Å²) in [5.74, 6) is 0.0975. The number of hydrogen-bond acceptors (Lipinski definition) is 4. The molecule has 0 radical (unpaired) electrons. The number of quaternary nitrogens is 1. The molecule has 4 rings (SSSR count). The lowest BCUT2D eigenvalue weighted by molar-refractivity contribution is -0.741. The number of nitrogens with one attached hydrogen (secondary N) is 1. The van der Waals surface area contributed by atoms with Gasteiger partial charge in [0.05, 0.1) is 11.6 Å². The third-order valence-corrected chi connectivity index (χ3v) is 5.63. The molecule has 6 heteroatoms. The first-order valence-corrected chi connectivity index (χ1v) is 9.38. The summed E-state index contributed by atoms with van der Waals surface area (Å²) >= 11 is 0. The number of nitro groups is 1. The fourth-order valence-electron chi connectivity index (χ4n) is 4.19. The van der Waals surface area contributed by atoms with Crippen molar-refractivity contribution in [2.75, 3.05) is 13.1 Å². The zero-order valence-electron chi connectivity index (χ0n) is 15.1. The van der Waals surface area contributed by atoms with Crippen molar-refractivity contribution >= 4 is 5.69 Å². The first-order valence-electron chi connectivity index (χ1n) is 9.38. The fraction of sp³-hybridized carbons (Fsp3) is 0.333. The Morgan fingerprint density at radius 1 is 1.04 bits per heavy atom. The van der Waals surface area contributed by atoms with Crippen LogP contribution in [-0.2, 0) is 6.54 Å². The quantitative estimate of drug-likeness (QED) is 0.514. The Morgan fingerprint density at radius 2 is 1.70 bits per heavy atom. The summed E-state index contributed by atoms with van der Waals surface area (Å²) in [5, 5.41) is 24.5. The molecule has 2 aromatic carbocycles. The van der Waals surface area contributed by atoms with Gasteiger partial charge in [0.2, 0.25) is 0 Å². The van der Waals surface area contributed by atoms with Crippen LogP contribution in [0, 0.1) is 21.2 Å². The van der Waals surface area contributed by atoms with Gasteiger partial charge in [-0.2, -0.15) is 0 Å². The van der Waals surface area contributed by atoms with Crippen LogP contribution in [0.25, 0.3) is 0 Å². The number of fused-ring (bicyclic) bond motifs is 1. The van der Waals surface area contributed by atoms with E-state index in [0.29, 0.717) is 16.9 Å². The van der Waals surface area contributed by atoms with Gasteiger partial charge in [0, 0.05) is 23.5 Å². The van der Waals surface area contributed by atoms with Gasteiger partial charge in [0.25, 0.3) is 6.04 Å². The lowest BCUT2D eigenvalue weighted by atomic mass is 9.88. The number of benzene rings is 2. The van der Waals surface area contributed by atoms with Gasteiger partial charge in [-0.15, -0.1) is 0 Å². The molecule has 2 aliphatic heterocycles. The molecule has 0 aliphatic carbocycles. The molecule has 2 unspecified atom stereocenters. The van der Waals surface area contributed by atoms with Crippen molar-refractivity contribution in [1.82, 2.24) is 4.90 Å². The Hall–Kier alpha value is -2.54. The highest BCUT2D eigenvalue weighted by molar-refractivity contribution is 5.46. The zero-order chi connectivity index (χ0) is 18.8. The normalized spacial score (nSPS) is 23.5. The minimum absolute atomic E-state index is 0.0368. The van der Waals surface area contributed by atoms with Crippen LogP contribution in [-0.4, -0.2) is 22.9 Å². The summed E-state index contributed by atoms with van der Waals surface area (Å²) in [6.07, 6.45) is 3.32. The molecule has 6 nitrogen and oxygen atoms in total. The van der Waals surface area contributed by atoms with E-state index in [9.17, 15) is 15.3 Å². The first kappa shape index (κ1) is 17.9. The number of hydrogen-bond donors (Lipinski definition) is 1. The molecule has 0 amide bonds.